The predicted molar refractivity (Wildman–Crippen MR) is 85.2 cm³/mol. The maximum Gasteiger partial charge on any atom is 0.127 e. The molecule has 4 rings (SSSR count). The summed E-state index contributed by atoms with van der Waals surface area (Å²) in [6.45, 7) is 4.38. The van der Waals surface area contributed by atoms with Crippen molar-refractivity contribution in [2.24, 2.45) is 0 Å². The Hall–Kier alpha value is -1.70. The Bertz CT molecular complexity index is 747. The van der Waals surface area contributed by atoms with Gasteiger partial charge in [-0.1, -0.05) is 38.5 Å². The van der Waals surface area contributed by atoms with E-state index in [9.17, 15) is 10.2 Å². The molecule has 2 aromatic rings. The zero-order valence-corrected chi connectivity index (χ0v) is 12.7. The molecular formula is C19H22O2. The summed E-state index contributed by atoms with van der Waals surface area (Å²) in [6.07, 6.45) is 5.31. The zero-order valence-electron chi connectivity index (χ0n) is 12.7. The van der Waals surface area contributed by atoms with E-state index in [1.807, 2.05) is 12.1 Å². The highest BCUT2D eigenvalue weighted by Crippen LogP contribution is 2.63. The first kappa shape index (κ1) is 13.0. The summed E-state index contributed by atoms with van der Waals surface area (Å²) in [5, 5.41) is 23.5. The quantitative estimate of drug-likeness (QED) is 0.781. The second kappa shape index (κ2) is 4.16. The number of aromatic hydroxyl groups is 2. The van der Waals surface area contributed by atoms with E-state index < -0.39 is 0 Å². The lowest BCUT2D eigenvalue weighted by atomic mass is 9.78. The van der Waals surface area contributed by atoms with E-state index >= 15 is 0 Å². The van der Waals surface area contributed by atoms with Gasteiger partial charge in [-0.25, -0.2) is 0 Å². The van der Waals surface area contributed by atoms with Crippen LogP contribution < -0.4 is 0 Å². The molecule has 0 heterocycles. The van der Waals surface area contributed by atoms with Crippen LogP contribution in [0.1, 0.15) is 62.1 Å². The average molecular weight is 282 g/mol. The molecule has 0 spiro atoms. The highest BCUT2D eigenvalue weighted by Gasteiger charge is 2.49. The van der Waals surface area contributed by atoms with Crippen LogP contribution in [0.25, 0.3) is 10.8 Å². The predicted octanol–water partition coefficient (Wildman–Crippen LogP) is 4.74. The van der Waals surface area contributed by atoms with E-state index in [4.69, 9.17) is 0 Å². The lowest BCUT2D eigenvalue weighted by Gasteiger charge is -2.27. The fourth-order valence-corrected chi connectivity index (χ4v) is 4.79. The van der Waals surface area contributed by atoms with Crippen LogP contribution in [0.2, 0.25) is 0 Å². The molecule has 1 fully saturated rings. The lowest BCUT2D eigenvalue weighted by Crippen LogP contribution is -2.16. The van der Waals surface area contributed by atoms with Crippen LogP contribution in [0.15, 0.2) is 18.2 Å². The molecule has 21 heavy (non-hydrogen) atoms. The molecule has 110 valence electrons. The van der Waals surface area contributed by atoms with Crippen molar-refractivity contribution in [2.45, 2.75) is 57.3 Å². The fourth-order valence-electron chi connectivity index (χ4n) is 4.79. The maximum atomic E-state index is 10.9. The third-order valence-corrected chi connectivity index (χ3v) is 5.68. The number of hydrogen-bond donors (Lipinski definition) is 2. The number of phenols is 2. The van der Waals surface area contributed by atoms with Crippen LogP contribution in [0.3, 0.4) is 0 Å². The minimum absolute atomic E-state index is 0.0521. The van der Waals surface area contributed by atoms with Crippen molar-refractivity contribution in [3.8, 4) is 11.5 Å². The Balaban J connectivity index is 2.12. The third-order valence-electron chi connectivity index (χ3n) is 5.68. The second-order valence-corrected chi connectivity index (χ2v) is 7.08. The van der Waals surface area contributed by atoms with E-state index in [0.29, 0.717) is 17.4 Å². The molecule has 2 heteroatoms. The van der Waals surface area contributed by atoms with Crippen molar-refractivity contribution in [2.75, 3.05) is 0 Å². The van der Waals surface area contributed by atoms with E-state index in [2.05, 4.69) is 19.9 Å². The Labute approximate surface area is 125 Å². The van der Waals surface area contributed by atoms with E-state index in [-0.39, 0.29) is 5.41 Å². The maximum absolute atomic E-state index is 10.9. The highest BCUT2D eigenvalue weighted by atomic mass is 16.3. The van der Waals surface area contributed by atoms with Crippen LogP contribution in [-0.2, 0) is 11.8 Å². The Morgan fingerprint density at radius 3 is 2.81 bits per heavy atom. The van der Waals surface area contributed by atoms with Gasteiger partial charge in [-0.3, -0.25) is 0 Å². The molecule has 2 N–H and O–H groups in total. The van der Waals surface area contributed by atoms with E-state index in [0.717, 1.165) is 59.6 Å². The zero-order chi connectivity index (χ0) is 14.8. The van der Waals surface area contributed by atoms with Gasteiger partial charge < -0.3 is 10.2 Å². The van der Waals surface area contributed by atoms with Crippen LogP contribution in [0.5, 0.6) is 11.5 Å². The minimum atomic E-state index is 0.0521. The fraction of sp³-hybridized carbons (Fsp3) is 0.474. The molecule has 0 aliphatic heterocycles. The van der Waals surface area contributed by atoms with Gasteiger partial charge in [-0.05, 0) is 42.6 Å². The number of phenolic OH excluding ortho intramolecular Hbond substituents is 2. The van der Waals surface area contributed by atoms with Crippen molar-refractivity contribution in [1.29, 1.82) is 0 Å². The first-order valence-electron chi connectivity index (χ1n) is 8.06. The highest BCUT2D eigenvalue weighted by molar-refractivity contribution is 5.99. The minimum Gasteiger partial charge on any atom is -0.507 e. The van der Waals surface area contributed by atoms with Crippen LogP contribution in [0.4, 0.5) is 0 Å². The Morgan fingerprint density at radius 2 is 2.05 bits per heavy atom. The van der Waals surface area contributed by atoms with Gasteiger partial charge in [0.1, 0.15) is 11.5 Å². The van der Waals surface area contributed by atoms with Crippen LogP contribution in [-0.4, -0.2) is 10.2 Å². The second-order valence-electron chi connectivity index (χ2n) is 7.08. The summed E-state index contributed by atoms with van der Waals surface area (Å²) in [4.78, 5) is 0. The molecule has 2 aliphatic rings. The molecule has 1 saturated carbocycles. The molecule has 0 amide bonds. The van der Waals surface area contributed by atoms with Gasteiger partial charge in [0.2, 0.25) is 0 Å². The molecule has 2 bridgehead atoms. The van der Waals surface area contributed by atoms with Crippen molar-refractivity contribution >= 4 is 10.8 Å². The Morgan fingerprint density at radius 1 is 1.24 bits per heavy atom. The SMILES string of the molecule is CCCc1cccc2c(O)c3c(c(O)c12)C1CCC3(C)C1. The molecular weight excluding hydrogens is 260 g/mol. The van der Waals surface area contributed by atoms with Crippen molar-refractivity contribution in [3.63, 3.8) is 0 Å². The van der Waals surface area contributed by atoms with Crippen molar-refractivity contribution < 1.29 is 10.2 Å². The summed E-state index contributed by atoms with van der Waals surface area (Å²) in [6, 6.07) is 6.01. The molecule has 2 unspecified atom stereocenters. The van der Waals surface area contributed by atoms with Crippen LogP contribution in [0, 0.1) is 0 Å². The first-order chi connectivity index (χ1) is 10.1. The molecule has 2 atom stereocenters. The van der Waals surface area contributed by atoms with Crippen molar-refractivity contribution in [1.82, 2.24) is 0 Å². The lowest BCUT2D eigenvalue weighted by molar-refractivity contribution is 0.427. The first-order valence-corrected chi connectivity index (χ1v) is 8.06. The standard InChI is InChI=1S/C19H22O2/c1-3-5-11-6-4-7-13-14(11)18(21)15-12-8-9-19(2,10-12)16(15)17(13)20/h4,6-7,12,20-21H,3,5,8-10H2,1-2H3. The number of rotatable bonds is 2. The molecule has 2 aromatic carbocycles. The topological polar surface area (TPSA) is 40.5 Å². The smallest absolute Gasteiger partial charge is 0.127 e. The Kier molecular flexibility index (Phi) is 2.57. The van der Waals surface area contributed by atoms with Gasteiger partial charge in [-0.15, -0.1) is 0 Å². The number of hydrogen-bond acceptors (Lipinski definition) is 2. The van der Waals surface area contributed by atoms with E-state index in [1.54, 1.807) is 0 Å². The van der Waals surface area contributed by atoms with Gasteiger partial charge in [0.25, 0.3) is 0 Å². The largest absolute Gasteiger partial charge is 0.507 e. The number of fused-ring (bicyclic) bond motifs is 6. The van der Waals surface area contributed by atoms with Gasteiger partial charge in [0.15, 0.2) is 0 Å². The van der Waals surface area contributed by atoms with Gasteiger partial charge >= 0.3 is 0 Å². The molecule has 0 saturated heterocycles. The molecule has 2 nitrogen and oxygen atoms in total. The average Bonchev–Trinajstić information content (AvgIpc) is 2.98. The summed E-state index contributed by atoms with van der Waals surface area (Å²) in [7, 11) is 0. The van der Waals surface area contributed by atoms with Crippen molar-refractivity contribution in [3.05, 3.63) is 34.9 Å². The van der Waals surface area contributed by atoms with Gasteiger partial charge in [0, 0.05) is 21.9 Å². The summed E-state index contributed by atoms with van der Waals surface area (Å²) in [5.74, 6) is 1.28. The van der Waals surface area contributed by atoms with Gasteiger partial charge in [-0.2, -0.15) is 0 Å². The normalized spacial score (nSPS) is 26.5. The summed E-state index contributed by atoms with van der Waals surface area (Å²) < 4.78 is 0. The monoisotopic (exact) mass is 282 g/mol. The number of benzene rings is 2. The molecule has 0 radical (unpaired) electrons. The number of aryl methyl sites for hydroxylation is 1. The third kappa shape index (κ3) is 1.53. The summed E-state index contributed by atoms with van der Waals surface area (Å²) in [5.41, 5.74) is 3.27. The summed E-state index contributed by atoms with van der Waals surface area (Å²) >= 11 is 0. The van der Waals surface area contributed by atoms with E-state index in [1.165, 1.54) is 0 Å². The molecule has 2 aliphatic carbocycles. The molecule has 0 aromatic heterocycles. The van der Waals surface area contributed by atoms with Crippen LogP contribution >= 0.6 is 0 Å². The van der Waals surface area contributed by atoms with Gasteiger partial charge in [0.05, 0.1) is 0 Å².